The Labute approximate surface area is 94.2 Å². The van der Waals surface area contributed by atoms with Gasteiger partial charge in [-0.3, -0.25) is 0 Å². The van der Waals surface area contributed by atoms with Crippen molar-refractivity contribution in [3.8, 4) is 0 Å². The van der Waals surface area contributed by atoms with Gasteiger partial charge in [0.1, 0.15) is 5.82 Å². The molecule has 82 valence electrons. The van der Waals surface area contributed by atoms with Crippen molar-refractivity contribution in [2.24, 2.45) is 11.7 Å². The molecule has 0 aliphatic heterocycles. The maximum atomic E-state index is 13.0. The molecule has 0 amide bonds. The van der Waals surface area contributed by atoms with Gasteiger partial charge in [-0.15, -0.1) is 11.8 Å². The van der Waals surface area contributed by atoms with Gasteiger partial charge in [-0.05, 0) is 37.0 Å². The molecule has 15 heavy (non-hydrogen) atoms. The fraction of sp³-hybridized carbons (Fsp3) is 0.500. The minimum Gasteiger partial charge on any atom is -0.329 e. The monoisotopic (exact) mass is 225 g/mol. The molecule has 0 bridgehead atoms. The predicted octanol–water partition coefficient (Wildman–Crippen LogP) is 3.05. The molecule has 3 heteroatoms. The molecule has 0 spiro atoms. The van der Waals surface area contributed by atoms with E-state index < -0.39 is 0 Å². The molecule has 1 nitrogen and oxygen atoms in total. The minimum absolute atomic E-state index is 0.147. The van der Waals surface area contributed by atoms with Gasteiger partial charge in [-0.1, -0.05) is 13.0 Å². The number of rotatable bonds is 3. The van der Waals surface area contributed by atoms with Crippen molar-refractivity contribution >= 4 is 11.8 Å². The van der Waals surface area contributed by atoms with Crippen molar-refractivity contribution in [3.05, 3.63) is 30.1 Å². The Morgan fingerprint density at radius 1 is 1.60 bits per heavy atom. The molecule has 1 fully saturated rings. The lowest BCUT2D eigenvalue weighted by Crippen LogP contribution is -2.48. The predicted molar refractivity (Wildman–Crippen MR) is 62.4 cm³/mol. The van der Waals surface area contributed by atoms with Crippen LogP contribution in [0.2, 0.25) is 0 Å². The summed E-state index contributed by atoms with van der Waals surface area (Å²) in [6.07, 6.45) is 2.38. The van der Waals surface area contributed by atoms with E-state index in [1.54, 1.807) is 23.9 Å². The normalized spacial score (nSPS) is 29.9. The first-order chi connectivity index (χ1) is 7.16. The van der Waals surface area contributed by atoms with E-state index in [1.807, 2.05) is 6.07 Å². The average molecular weight is 225 g/mol. The van der Waals surface area contributed by atoms with Gasteiger partial charge >= 0.3 is 0 Å². The molecule has 0 aromatic heterocycles. The van der Waals surface area contributed by atoms with Gasteiger partial charge in [0.2, 0.25) is 0 Å². The van der Waals surface area contributed by atoms with Gasteiger partial charge in [-0.25, -0.2) is 4.39 Å². The van der Waals surface area contributed by atoms with Crippen LogP contribution in [0.1, 0.15) is 19.8 Å². The number of thioether (sulfide) groups is 1. The van der Waals surface area contributed by atoms with E-state index >= 15 is 0 Å². The van der Waals surface area contributed by atoms with Crippen LogP contribution in [0.25, 0.3) is 0 Å². The maximum Gasteiger partial charge on any atom is 0.124 e. The second-order valence-electron chi connectivity index (χ2n) is 4.27. The molecule has 0 radical (unpaired) electrons. The molecule has 1 aromatic rings. The molecule has 0 saturated heterocycles. The van der Waals surface area contributed by atoms with Gasteiger partial charge in [0, 0.05) is 16.2 Å². The summed E-state index contributed by atoms with van der Waals surface area (Å²) in [7, 11) is 0. The quantitative estimate of drug-likeness (QED) is 0.855. The van der Waals surface area contributed by atoms with Crippen molar-refractivity contribution in [1.82, 2.24) is 0 Å². The number of hydrogen-bond acceptors (Lipinski definition) is 2. The highest BCUT2D eigenvalue weighted by Gasteiger charge is 2.43. The summed E-state index contributed by atoms with van der Waals surface area (Å²) in [4.78, 5) is 0.993. The maximum absolute atomic E-state index is 13.0. The highest BCUT2D eigenvalue weighted by atomic mass is 32.2. The fourth-order valence-electron chi connectivity index (χ4n) is 2.02. The second-order valence-corrected chi connectivity index (χ2v) is 5.76. The molecule has 1 aliphatic rings. The first kappa shape index (κ1) is 11.0. The lowest BCUT2D eigenvalue weighted by Gasteiger charge is -2.46. The van der Waals surface area contributed by atoms with E-state index in [9.17, 15) is 4.39 Å². The van der Waals surface area contributed by atoms with E-state index in [-0.39, 0.29) is 10.6 Å². The molecule has 2 N–H and O–H groups in total. The van der Waals surface area contributed by atoms with E-state index in [2.05, 4.69) is 6.92 Å². The average Bonchev–Trinajstić information content (AvgIpc) is 2.24. The second kappa shape index (κ2) is 4.14. The molecule has 2 unspecified atom stereocenters. The Hall–Kier alpha value is -0.540. The standard InChI is InChI=1S/C12H16FNS/c1-9-5-6-12(9,8-14)15-11-4-2-3-10(13)7-11/h2-4,7,9H,5-6,8,14H2,1H3. The number of benzene rings is 1. The Bertz CT molecular complexity index is 351. The lowest BCUT2D eigenvalue weighted by molar-refractivity contribution is 0.245. The van der Waals surface area contributed by atoms with Crippen LogP contribution in [0.5, 0.6) is 0 Å². The van der Waals surface area contributed by atoms with E-state index in [0.717, 1.165) is 11.3 Å². The summed E-state index contributed by atoms with van der Waals surface area (Å²) in [6.45, 7) is 2.90. The highest BCUT2D eigenvalue weighted by molar-refractivity contribution is 8.00. The van der Waals surface area contributed by atoms with Gasteiger partial charge in [0.25, 0.3) is 0 Å². The largest absolute Gasteiger partial charge is 0.329 e. The van der Waals surface area contributed by atoms with Crippen LogP contribution < -0.4 is 5.73 Å². The first-order valence-electron chi connectivity index (χ1n) is 5.31. The van der Waals surface area contributed by atoms with E-state index in [1.165, 1.54) is 12.5 Å². The Balaban J connectivity index is 2.14. The van der Waals surface area contributed by atoms with Crippen LogP contribution in [0.15, 0.2) is 29.2 Å². The van der Waals surface area contributed by atoms with Crippen LogP contribution in [0.3, 0.4) is 0 Å². The van der Waals surface area contributed by atoms with Crippen LogP contribution in [0.4, 0.5) is 4.39 Å². The van der Waals surface area contributed by atoms with Gasteiger partial charge < -0.3 is 5.73 Å². The third-order valence-electron chi connectivity index (χ3n) is 3.36. The summed E-state index contributed by atoms with van der Waals surface area (Å²) >= 11 is 1.74. The molecule has 0 heterocycles. The zero-order valence-electron chi connectivity index (χ0n) is 8.87. The topological polar surface area (TPSA) is 26.0 Å². The highest BCUT2D eigenvalue weighted by Crippen LogP contribution is 2.50. The number of nitrogens with two attached hydrogens (primary N) is 1. The fourth-order valence-corrected chi connectivity index (χ4v) is 3.43. The van der Waals surface area contributed by atoms with Crippen LogP contribution in [-0.4, -0.2) is 11.3 Å². The van der Waals surface area contributed by atoms with E-state index in [4.69, 9.17) is 5.73 Å². The molecule has 1 aromatic carbocycles. The van der Waals surface area contributed by atoms with Crippen LogP contribution in [-0.2, 0) is 0 Å². The van der Waals surface area contributed by atoms with Crippen molar-refractivity contribution in [1.29, 1.82) is 0 Å². The molecule has 2 atom stereocenters. The van der Waals surface area contributed by atoms with Gasteiger partial charge in [0.05, 0.1) is 0 Å². The Morgan fingerprint density at radius 3 is 2.87 bits per heavy atom. The number of hydrogen-bond donors (Lipinski definition) is 1. The van der Waals surface area contributed by atoms with Crippen molar-refractivity contribution in [2.45, 2.75) is 29.4 Å². The smallest absolute Gasteiger partial charge is 0.124 e. The van der Waals surface area contributed by atoms with Crippen LogP contribution in [0, 0.1) is 11.7 Å². The first-order valence-corrected chi connectivity index (χ1v) is 6.12. The van der Waals surface area contributed by atoms with E-state index in [0.29, 0.717) is 12.5 Å². The Morgan fingerprint density at radius 2 is 2.40 bits per heavy atom. The third kappa shape index (κ3) is 2.04. The summed E-state index contributed by atoms with van der Waals surface area (Å²) < 4.78 is 13.2. The molecule has 1 saturated carbocycles. The van der Waals surface area contributed by atoms with Crippen molar-refractivity contribution < 1.29 is 4.39 Å². The minimum atomic E-state index is -0.167. The summed E-state index contributed by atoms with van der Waals surface area (Å²) in [6, 6.07) is 6.78. The van der Waals surface area contributed by atoms with Crippen LogP contribution >= 0.6 is 11.8 Å². The summed E-state index contributed by atoms with van der Waals surface area (Å²) in [5.74, 6) is 0.468. The SMILES string of the molecule is CC1CCC1(CN)Sc1cccc(F)c1. The molecular weight excluding hydrogens is 209 g/mol. The lowest BCUT2D eigenvalue weighted by atomic mass is 9.74. The summed E-state index contributed by atoms with van der Waals surface area (Å²) in [5.41, 5.74) is 5.83. The third-order valence-corrected chi connectivity index (χ3v) is 5.03. The summed E-state index contributed by atoms with van der Waals surface area (Å²) in [5, 5.41) is 0. The molecular formula is C12H16FNS. The van der Waals surface area contributed by atoms with Gasteiger partial charge in [0.15, 0.2) is 0 Å². The zero-order chi connectivity index (χ0) is 10.9. The number of halogens is 1. The van der Waals surface area contributed by atoms with Crippen molar-refractivity contribution in [2.75, 3.05) is 6.54 Å². The Kier molecular flexibility index (Phi) is 3.03. The zero-order valence-corrected chi connectivity index (χ0v) is 9.69. The van der Waals surface area contributed by atoms with Crippen molar-refractivity contribution in [3.63, 3.8) is 0 Å². The molecule has 1 aliphatic carbocycles. The van der Waals surface area contributed by atoms with Gasteiger partial charge in [-0.2, -0.15) is 0 Å². The molecule has 2 rings (SSSR count).